The van der Waals surface area contributed by atoms with Crippen LogP contribution in [0.15, 0.2) is 12.1 Å². The highest BCUT2D eigenvalue weighted by Gasteiger charge is 2.46. The van der Waals surface area contributed by atoms with Crippen molar-refractivity contribution in [3.8, 4) is 0 Å². The van der Waals surface area contributed by atoms with E-state index < -0.39 is 21.4 Å². The first kappa shape index (κ1) is 16.3. The summed E-state index contributed by atoms with van der Waals surface area (Å²) in [5.41, 5.74) is 0.688. The predicted octanol–water partition coefficient (Wildman–Crippen LogP) is 1.59. The molecule has 3 N–H and O–H groups in total. The molecule has 0 fully saturated rings. The third-order valence-corrected chi connectivity index (χ3v) is 3.69. The lowest BCUT2D eigenvalue weighted by atomic mass is 10.0. The Morgan fingerprint density at radius 3 is 2.25 bits per heavy atom. The van der Waals surface area contributed by atoms with Crippen molar-refractivity contribution >= 4 is 21.6 Å². The first-order valence-electron chi connectivity index (χ1n) is 5.41. The molecule has 9 heteroatoms. The van der Waals surface area contributed by atoms with E-state index in [9.17, 15) is 26.4 Å². The van der Waals surface area contributed by atoms with Crippen LogP contribution in [0.2, 0.25) is 0 Å². The maximum Gasteiger partial charge on any atom is 0.516 e. The van der Waals surface area contributed by atoms with Crippen molar-refractivity contribution in [1.82, 2.24) is 0 Å². The predicted molar refractivity (Wildman–Crippen MR) is 67.4 cm³/mol. The number of hydrogen-bond acceptors (Lipinski definition) is 3. The summed E-state index contributed by atoms with van der Waals surface area (Å²) in [5.74, 6) is -0.665. The standard InChI is InChI=1S/C11H13F3N2O3S/c1-6-3-7(2)9(4-8(6)5-10(15)17)16-20(18,19)11(12,13)14/h3-4,16H,5H2,1-2H3,(H2,15,17). The quantitative estimate of drug-likeness (QED) is 0.885. The van der Waals surface area contributed by atoms with Gasteiger partial charge in [0, 0.05) is 0 Å². The number of anilines is 1. The number of rotatable bonds is 4. The molecule has 0 radical (unpaired) electrons. The zero-order valence-corrected chi connectivity index (χ0v) is 11.5. The van der Waals surface area contributed by atoms with Gasteiger partial charge in [-0.25, -0.2) is 0 Å². The van der Waals surface area contributed by atoms with Crippen molar-refractivity contribution in [3.63, 3.8) is 0 Å². The van der Waals surface area contributed by atoms with Crippen LogP contribution < -0.4 is 10.5 Å². The topological polar surface area (TPSA) is 89.3 Å². The smallest absolute Gasteiger partial charge is 0.369 e. The Balaban J connectivity index is 3.23. The molecule has 0 unspecified atom stereocenters. The number of carbonyl (C=O) groups is 1. The van der Waals surface area contributed by atoms with Crippen LogP contribution in [0.25, 0.3) is 0 Å². The number of nitrogens with two attached hydrogens (primary N) is 1. The molecule has 0 aliphatic rings. The van der Waals surface area contributed by atoms with Gasteiger partial charge < -0.3 is 5.73 Å². The Kier molecular flexibility index (Phi) is 4.33. The Morgan fingerprint density at radius 2 is 1.80 bits per heavy atom. The minimum absolute atomic E-state index is 0.188. The van der Waals surface area contributed by atoms with Crippen molar-refractivity contribution < 1.29 is 26.4 Å². The lowest BCUT2D eigenvalue weighted by Gasteiger charge is -2.15. The van der Waals surface area contributed by atoms with Gasteiger partial charge in [-0.15, -0.1) is 0 Å². The molecule has 1 aromatic rings. The van der Waals surface area contributed by atoms with Crippen LogP contribution in [0, 0.1) is 13.8 Å². The second-order valence-electron chi connectivity index (χ2n) is 4.29. The summed E-state index contributed by atoms with van der Waals surface area (Å²) in [5, 5.41) is 0. The van der Waals surface area contributed by atoms with Crippen LogP contribution in [-0.2, 0) is 21.2 Å². The Morgan fingerprint density at radius 1 is 1.25 bits per heavy atom. The highest BCUT2D eigenvalue weighted by Crippen LogP contribution is 2.28. The average Bonchev–Trinajstić information content (AvgIpc) is 2.22. The fourth-order valence-corrected chi connectivity index (χ4v) is 2.21. The monoisotopic (exact) mass is 310 g/mol. The third kappa shape index (κ3) is 3.62. The number of primary amides is 1. The van der Waals surface area contributed by atoms with Gasteiger partial charge in [0.15, 0.2) is 0 Å². The first-order chi connectivity index (χ1) is 8.94. The van der Waals surface area contributed by atoms with E-state index in [-0.39, 0.29) is 12.1 Å². The van der Waals surface area contributed by atoms with E-state index in [1.165, 1.54) is 23.8 Å². The van der Waals surface area contributed by atoms with E-state index >= 15 is 0 Å². The number of alkyl halides is 3. The number of carbonyl (C=O) groups excluding carboxylic acids is 1. The molecule has 1 rings (SSSR count). The minimum Gasteiger partial charge on any atom is -0.369 e. The largest absolute Gasteiger partial charge is 0.516 e. The second-order valence-corrected chi connectivity index (χ2v) is 5.96. The van der Waals surface area contributed by atoms with Crippen LogP contribution in [0.3, 0.4) is 0 Å². The maximum absolute atomic E-state index is 12.3. The minimum atomic E-state index is -5.50. The van der Waals surface area contributed by atoms with Gasteiger partial charge in [0.05, 0.1) is 12.1 Å². The van der Waals surface area contributed by atoms with E-state index in [0.717, 1.165) is 0 Å². The lowest BCUT2D eigenvalue weighted by molar-refractivity contribution is -0.117. The van der Waals surface area contributed by atoms with Crippen LogP contribution in [0.4, 0.5) is 18.9 Å². The fraction of sp³-hybridized carbons (Fsp3) is 0.364. The number of sulfonamides is 1. The SMILES string of the molecule is Cc1cc(C)c(NS(=O)(=O)C(F)(F)F)cc1CC(N)=O. The normalized spacial score (nSPS) is 12.2. The Bertz CT molecular complexity index is 639. The van der Waals surface area contributed by atoms with Gasteiger partial charge in [-0.1, -0.05) is 6.07 Å². The molecule has 0 saturated heterocycles. The van der Waals surface area contributed by atoms with Gasteiger partial charge in [0.2, 0.25) is 5.91 Å². The van der Waals surface area contributed by atoms with Crippen LogP contribution in [0.1, 0.15) is 16.7 Å². The summed E-state index contributed by atoms with van der Waals surface area (Å²) >= 11 is 0. The van der Waals surface area contributed by atoms with E-state index in [2.05, 4.69) is 0 Å². The van der Waals surface area contributed by atoms with E-state index in [1.54, 1.807) is 6.92 Å². The molecule has 1 aromatic carbocycles. The van der Waals surface area contributed by atoms with Gasteiger partial charge in [-0.3, -0.25) is 9.52 Å². The molecule has 1 amide bonds. The van der Waals surface area contributed by atoms with Gasteiger partial charge in [0.1, 0.15) is 0 Å². The van der Waals surface area contributed by atoms with Crippen molar-refractivity contribution in [2.75, 3.05) is 4.72 Å². The second kappa shape index (κ2) is 5.31. The zero-order valence-electron chi connectivity index (χ0n) is 10.7. The van der Waals surface area contributed by atoms with Gasteiger partial charge >= 0.3 is 15.5 Å². The van der Waals surface area contributed by atoms with Crippen LogP contribution in [0.5, 0.6) is 0 Å². The molecule has 0 aliphatic heterocycles. The summed E-state index contributed by atoms with van der Waals surface area (Å²) < 4.78 is 60.5. The highest BCUT2D eigenvalue weighted by molar-refractivity contribution is 7.93. The highest BCUT2D eigenvalue weighted by atomic mass is 32.2. The average molecular weight is 310 g/mol. The molecule has 0 atom stereocenters. The zero-order chi connectivity index (χ0) is 15.7. The number of benzene rings is 1. The molecule has 0 aromatic heterocycles. The molecular formula is C11H13F3N2O3S. The molecule has 0 saturated carbocycles. The van der Waals surface area contributed by atoms with Crippen molar-refractivity contribution in [2.45, 2.75) is 25.8 Å². The Hall–Kier alpha value is -1.77. The number of nitrogens with one attached hydrogen (secondary N) is 1. The van der Waals surface area contributed by atoms with Gasteiger partial charge in [0.25, 0.3) is 0 Å². The molecule has 0 aliphatic carbocycles. The van der Waals surface area contributed by atoms with Crippen molar-refractivity contribution in [3.05, 3.63) is 28.8 Å². The molecule has 112 valence electrons. The van der Waals surface area contributed by atoms with Gasteiger partial charge in [-0.2, -0.15) is 21.6 Å². The van der Waals surface area contributed by atoms with Crippen molar-refractivity contribution in [1.29, 1.82) is 0 Å². The number of amides is 1. The van der Waals surface area contributed by atoms with Gasteiger partial charge in [-0.05, 0) is 36.6 Å². The van der Waals surface area contributed by atoms with E-state index in [4.69, 9.17) is 5.73 Å². The molecular weight excluding hydrogens is 297 g/mol. The number of hydrogen-bond donors (Lipinski definition) is 2. The Labute approximate surface area is 114 Å². The number of halogens is 3. The fourth-order valence-electron chi connectivity index (χ4n) is 1.59. The molecule has 0 bridgehead atoms. The lowest BCUT2D eigenvalue weighted by Crippen LogP contribution is -2.30. The summed E-state index contributed by atoms with van der Waals surface area (Å²) in [4.78, 5) is 10.9. The van der Waals surface area contributed by atoms with Crippen molar-refractivity contribution in [2.24, 2.45) is 5.73 Å². The molecule has 0 spiro atoms. The van der Waals surface area contributed by atoms with Crippen LogP contribution in [-0.4, -0.2) is 19.8 Å². The molecule has 5 nitrogen and oxygen atoms in total. The third-order valence-electron chi connectivity index (χ3n) is 2.60. The molecule has 0 heterocycles. The summed E-state index contributed by atoms with van der Waals surface area (Å²) in [7, 11) is -5.50. The summed E-state index contributed by atoms with van der Waals surface area (Å²) in [6.45, 7) is 3.10. The summed E-state index contributed by atoms with van der Waals surface area (Å²) in [6, 6.07) is 2.66. The van der Waals surface area contributed by atoms with Crippen LogP contribution >= 0.6 is 0 Å². The summed E-state index contributed by atoms with van der Waals surface area (Å²) in [6.07, 6.45) is -0.188. The molecule has 20 heavy (non-hydrogen) atoms. The van der Waals surface area contributed by atoms with E-state index in [0.29, 0.717) is 16.7 Å². The number of aryl methyl sites for hydroxylation is 2. The maximum atomic E-state index is 12.3. The first-order valence-corrected chi connectivity index (χ1v) is 6.90. The van der Waals surface area contributed by atoms with E-state index in [1.807, 2.05) is 0 Å².